The fourth-order valence-corrected chi connectivity index (χ4v) is 5.87. The number of nitrogens with zero attached hydrogens (tertiary/aromatic N) is 1. The van der Waals surface area contributed by atoms with Crippen LogP contribution in [0.4, 0.5) is 11.4 Å². The van der Waals surface area contributed by atoms with Gasteiger partial charge in [-0.3, -0.25) is 9.52 Å². The van der Waals surface area contributed by atoms with Crippen molar-refractivity contribution in [2.24, 2.45) is 0 Å². The molecule has 1 amide bonds. The summed E-state index contributed by atoms with van der Waals surface area (Å²) >= 11 is 0. The molecule has 1 saturated heterocycles. The number of carbonyl (C=O) groups is 1. The van der Waals surface area contributed by atoms with Gasteiger partial charge < -0.3 is 15.5 Å². The highest BCUT2D eigenvalue weighted by Gasteiger charge is 2.24. The fourth-order valence-electron chi connectivity index (χ4n) is 4.58. The van der Waals surface area contributed by atoms with Gasteiger partial charge in [0, 0.05) is 37.8 Å². The molecule has 7 nitrogen and oxygen atoms in total. The van der Waals surface area contributed by atoms with E-state index in [2.05, 4.69) is 20.3 Å². The van der Waals surface area contributed by atoms with Crippen molar-refractivity contribution >= 4 is 27.3 Å². The number of aryl methyl sites for hydroxylation is 2. The van der Waals surface area contributed by atoms with Gasteiger partial charge in [-0.1, -0.05) is 30.5 Å². The number of rotatable bonds is 6. The van der Waals surface area contributed by atoms with Crippen LogP contribution in [0.2, 0.25) is 0 Å². The minimum atomic E-state index is -3.81. The Morgan fingerprint density at radius 1 is 1.03 bits per heavy atom. The quantitative estimate of drug-likeness (QED) is 0.621. The Bertz CT molecular complexity index is 1090. The smallest absolute Gasteiger partial charge is 0.262 e. The molecule has 172 valence electrons. The molecule has 0 radical (unpaired) electrons. The predicted molar refractivity (Wildman–Crippen MR) is 128 cm³/mol. The molecule has 0 atom stereocenters. The van der Waals surface area contributed by atoms with Gasteiger partial charge in [0.2, 0.25) is 0 Å². The average molecular weight is 457 g/mol. The maximum absolute atomic E-state index is 13.3. The molecule has 1 saturated carbocycles. The average Bonchev–Trinajstić information content (AvgIpc) is 3.27. The summed E-state index contributed by atoms with van der Waals surface area (Å²) in [4.78, 5) is 15.2. The Labute approximate surface area is 190 Å². The van der Waals surface area contributed by atoms with Crippen LogP contribution in [0, 0.1) is 13.8 Å². The lowest BCUT2D eigenvalue weighted by Gasteiger charge is -2.31. The number of anilines is 2. The molecule has 1 aliphatic carbocycles. The second-order valence-electron chi connectivity index (χ2n) is 8.80. The molecule has 2 aliphatic rings. The topological polar surface area (TPSA) is 90.5 Å². The first-order chi connectivity index (χ1) is 15.3. The molecule has 3 N–H and O–H groups in total. The maximum Gasteiger partial charge on any atom is 0.262 e. The van der Waals surface area contributed by atoms with Crippen LogP contribution in [-0.2, 0) is 10.0 Å². The molecule has 2 aromatic rings. The Morgan fingerprint density at radius 2 is 1.75 bits per heavy atom. The molecular weight excluding hydrogens is 424 g/mol. The van der Waals surface area contributed by atoms with Crippen molar-refractivity contribution < 1.29 is 13.2 Å². The number of carbonyl (C=O) groups excluding carboxylic acids is 1. The van der Waals surface area contributed by atoms with Gasteiger partial charge in [0.05, 0.1) is 16.3 Å². The van der Waals surface area contributed by atoms with Crippen molar-refractivity contribution in [1.82, 2.24) is 10.6 Å². The molecule has 0 spiro atoms. The molecule has 0 bridgehead atoms. The Kier molecular flexibility index (Phi) is 6.71. The second kappa shape index (κ2) is 9.50. The predicted octanol–water partition coefficient (Wildman–Crippen LogP) is 3.19. The molecule has 2 fully saturated rings. The van der Waals surface area contributed by atoms with Gasteiger partial charge >= 0.3 is 0 Å². The molecule has 32 heavy (non-hydrogen) atoms. The molecule has 8 heteroatoms. The van der Waals surface area contributed by atoms with Gasteiger partial charge in [0.1, 0.15) is 0 Å². The van der Waals surface area contributed by atoms with E-state index in [9.17, 15) is 13.2 Å². The van der Waals surface area contributed by atoms with Crippen molar-refractivity contribution in [3.05, 3.63) is 53.1 Å². The third-order valence-electron chi connectivity index (χ3n) is 6.27. The van der Waals surface area contributed by atoms with Gasteiger partial charge in [-0.05, 0) is 56.5 Å². The number of piperazine rings is 1. The Hall–Kier alpha value is -2.58. The summed E-state index contributed by atoms with van der Waals surface area (Å²) in [7, 11) is -3.81. The van der Waals surface area contributed by atoms with Crippen LogP contribution >= 0.6 is 0 Å². The van der Waals surface area contributed by atoms with E-state index >= 15 is 0 Å². The number of hydrogen-bond acceptors (Lipinski definition) is 5. The van der Waals surface area contributed by atoms with Gasteiger partial charge in [-0.2, -0.15) is 0 Å². The first kappa shape index (κ1) is 22.6. The van der Waals surface area contributed by atoms with Crippen LogP contribution in [0.15, 0.2) is 41.3 Å². The summed E-state index contributed by atoms with van der Waals surface area (Å²) in [6, 6.07) is 10.8. The van der Waals surface area contributed by atoms with E-state index in [0.29, 0.717) is 16.8 Å². The normalized spacial score (nSPS) is 17.4. The lowest BCUT2D eigenvalue weighted by Crippen LogP contribution is -2.43. The molecule has 4 rings (SSSR count). The lowest BCUT2D eigenvalue weighted by atomic mass is 10.1. The van der Waals surface area contributed by atoms with E-state index in [4.69, 9.17) is 0 Å². The zero-order valence-electron chi connectivity index (χ0n) is 18.8. The van der Waals surface area contributed by atoms with Gasteiger partial charge in [-0.15, -0.1) is 0 Å². The maximum atomic E-state index is 13.3. The summed E-state index contributed by atoms with van der Waals surface area (Å²) in [5, 5.41) is 6.41. The Balaban J connectivity index is 1.67. The molecule has 2 aromatic carbocycles. The first-order valence-electron chi connectivity index (χ1n) is 11.3. The highest BCUT2D eigenvalue weighted by Crippen LogP contribution is 2.31. The highest BCUT2D eigenvalue weighted by molar-refractivity contribution is 7.92. The van der Waals surface area contributed by atoms with Crippen molar-refractivity contribution in [2.45, 2.75) is 50.5 Å². The number of amides is 1. The first-order valence-corrected chi connectivity index (χ1v) is 12.8. The minimum Gasteiger partial charge on any atom is -0.367 e. The van der Waals surface area contributed by atoms with Crippen LogP contribution < -0.4 is 20.3 Å². The van der Waals surface area contributed by atoms with Crippen molar-refractivity contribution in [2.75, 3.05) is 35.8 Å². The van der Waals surface area contributed by atoms with Crippen LogP contribution in [0.3, 0.4) is 0 Å². The van der Waals surface area contributed by atoms with Crippen LogP contribution in [0.1, 0.15) is 47.2 Å². The van der Waals surface area contributed by atoms with E-state index in [-0.39, 0.29) is 16.8 Å². The molecular formula is C24H32N4O3S. The Morgan fingerprint density at radius 3 is 2.44 bits per heavy atom. The SMILES string of the molecule is Cc1ccc(S(=O)(=O)Nc2cc(C(=O)NC3CCCC3)ccc2N2CCNCC2)c(C)c1. The summed E-state index contributed by atoms with van der Waals surface area (Å²) in [6.07, 6.45) is 4.26. The van der Waals surface area contributed by atoms with Crippen molar-refractivity contribution in [3.63, 3.8) is 0 Å². The largest absolute Gasteiger partial charge is 0.367 e. The molecule has 0 unspecified atom stereocenters. The highest BCUT2D eigenvalue weighted by atomic mass is 32.2. The third kappa shape index (κ3) is 5.07. The van der Waals surface area contributed by atoms with Crippen molar-refractivity contribution in [3.8, 4) is 0 Å². The third-order valence-corrected chi connectivity index (χ3v) is 7.80. The lowest BCUT2D eigenvalue weighted by molar-refractivity contribution is 0.0938. The zero-order valence-corrected chi connectivity index (χ0v) is 19.6. The van der Waals surface area contributed by atoms with E-state index in [1.807, 2.05) is 19.1 Å². The van der Waals surface area contributed by atoms with E-state index in [0.717, 1.165) is 63.1 Å². The van der Waals surface area contributed by atoms with Gasteiger partial charge in [0.15, 0.2) is 0 Å². The summed E-state index contributed by atoms with van der Waals surface area (Å²) in [5.41, 5.74) is 3.39. The summed E-state index contributed by atoms with van der Waals surface area (Å²) < 4.78 is 29.4. The minimum absolute atomic E-state index is 0.157. The number of sulfonamides is 1. The van der Waals surface area contributed by atoms with Crippen LogP contribution in [0.25, 0.3) is 0 Å². The van der Waals surface area contributed by atoms with Gasteiger partial charge in [0.25, 0.3) is 15.9 Å². The molecule has 1 heterocycles. The standard InChI is InChI=1S/C24H32N4O3S/c1-17-7-10-23(18(2)15-17)32(30,31)27-21-16-19(24(29)26-20-5-3-4-6-20)8-9-22(21)28-13-11-25-12-14-28/h7-10,15-16,20,25,27H,3-6,11-14H2,1-2H3,(H,26,29). The number of nitrogens with one attached hydrogen (secondary N) is 3. The monoisotopic (exact) mass is 456 g/mol. The summed E-state index contributed by atoms with van der Waals surface area (Å²) in [6.45, 7) is 6.92. The van der Waals surface area contributed by atoms with Crippen LogP contribution in [0.5, 0.6) is 0 Å². The van der Waals surface area contributed by atoms with E-state index < -0.39 is 10.0 Å². The fraction of sp³-hybridized carbons (Fsp3) is 0.458. The van der Waals surface area contributed by atoms with E-state index in [1.165, 1.54) is 0 Å². The number of hydrogen-bond donors (Lipinski definition) is 3. The van der Waals surface area contributed by atoms with Gasteiger partial charge in [-0.25, -0.2) is 8.42 Å². The van der Waals surface area contributed by atoms with E-state index in [1.54, 1.807) is 31.2 Å². The van der Waals surface area contributed by atoms with Crippen LogP contribution in [-0.4, -0.2) is 46.5 Å². The summed E-state index contributed by atoms with van der Waals surface area (Å²) in [5.74, 6) is -0.157. The second-order valence-corrected chi connectivity index (χ2v) is 10.4. The molecule has 0 aromatic heterocycles. The number of benzene rings is 2. The van der Waals surface area contributed by atoms with Crippen molar-refractivity contribution in [1.29, 1.82) is 0 Å². The molecule has 1 aliphatic heterocycles. The zero-order chi connectivity index (χ0) is 22.7.